The van der Waals surface area contributed by atoms with Gasteiger partial charge in [-0.1, -0.05) is 24.1 Å². The Hall–Kier alpha value is -2.40. The molecular formula is C22H23ClN4O. The summed E-state index contributed by atoms with van der Waals surface area (Å²) in [4.78, 5) is 24.2. The molecule has 6 heteroatoms. The highest BCUT2D eigenvalue weighted by Crippen LogP contribution is 2.33. The van der Waals surface area contributed by atoms with Crippen LogP contribution in [0.1, 0.15) is 43.7 Å². The molecule has 1 aliphatic heterocycles. The Morgan fingerprint density at radius 2 is 2.00 bits per heavy atom. The van der Waals surface area contributed by atoms with Crippen molar-refractivity contribution >= 4 is 23.2 Å². The summed E-state index contributed by atoms with van der Waals surface area (Å²) in [5.74, 6) is 0.907. The fourth-order valence-corrected chi connectivity index (χ4v) is 4.46. The molecule has 2 fully saturated rings. The van der Waals surface area contributed by atoms with Gasteiger partial charge in [-0.15, -0.1) is 0 Å². The summed E-state index contributed by atoms with van der Waals surface area (Å²) in [5, 5.41) is 0.667. The smallest absolute Gasteiger partial charge is 0.225 e. The molecule has 1 saturated carbocycles. The van der Waals surface area contributed by atoms with Crippen LogP contribution in [0, 0.1) is 5.92 Å². The van der Waals surface area contributed by atoms with Crippen molar-refractivity contribution in [2.24, 2.45) is 5.92 Å². The van der Waals surface area contributed by atoms with E-state index in [2.05, 4.69) is 16.0 Å². The first-order valence-electron chi connectivity index (χ1n) is 10.1. The molecule has 3 aromatic rings. The number of likely N-dealkylation sites (tertiary alicyclic amines) is 1. The fourth-order valence-electron chi connectivity index (χ4n) is 4.30. The Labute approximate surface area is 169 Å². The zero-order valence-corrected chi connectivity index (χ0v) is 16.5. The zero-order valence-electron chi connectivity index (χ0n) is 15.7. The van der Waals surface area contributed by atoms with Crippen molar-refractivity contribution in [1.82, 2.24) is 19.3 Å². The average molecular weight is 395 g/mol. The molecule has 1 amide bonds. The lowest BCUT2D eigenvalue weighted by Gasteiger charge is -2.37. The molecule has 1 atom stereocenters. The minimum Gasteiger partial charge on any atom is -0.342 e. The molecule has 2 aliphatic rings. The van der Waals surface area contributed by atoms with Gasteiger partial charge in [-0.25, -0.2) is 4.98 Å². The van der Waals surface area contributed by atoms with Crippen LogP contribution in [0.15, 0.2) is 42.7 Å². The average Bonchev–Trinajstić information content (AvgIpc) is 3.10. The number of hydrogen-bond acceptors (Lipinski definition) is 3. The quantitative estimate of drug-likeness (QED) is 0.654. The summed E-state index contributed by atoms with van der Waals surface area (Å²) in [6, 6.07) is 9.89. The van der Waals surface area contributed by atoms with Crippen LogP contribution in [0.4, 0.5) is 0 Å². The molecule has 28 heavy (non-hydrogen) atoms. The Morgan fingerprint density at radius 3 is 2.82 bits per heavy atom. The predicted molar refractivity (Wildman–Crippen MR) is 109 cm³/mol. The third-order valence-corrected chi connectivity index (χ3v) is 6.33. The minimum atomic E-state index is 0.265. The van der Waals surface area contributed by atoms with Gasteiger partial charge in [0, 0.05) is 36.8 Å². The SMILES string of the molecule is O=C(C1CCC1)N1CCC[C@H](c2cccc(-c3cnc4ccc(Cl)cn34)n2)C1. The number of halogens is 1. The number of fused-ring (bicyclic) bond motifs is 1. The summed E-state index contributed by atoms with van der Waals surface area (Å²) in [6.07, 6.45) is 9.14. The zero-order chi connectivity index (χ0) is 19.1. The second-order valence-electron chi connectivity index (χ2n) is 7.92. The lowest BCUT2D eigenvalue weighted by Crippen LogP contribution is -2.44. The molecule has 5 nitrogen and oxygen atoms in total. The van der Waals surface area contributed by atoms with Crippen molar-refractivity contribution in [2.75, 3.05) is 13.1 Å². The van der Waals surface area contributed by atoms with Crippen LogP contribution in [0.2, 0.25) is 5.02 Å². The number of amides is 1. The molecule has 1 saturated heterocycles. The molecule has 0 N–H and O–H groups in total. The predicted octanol–water partition coefficient (Wildman–Crippen LogP) is 4.56. The number of hydrogen-bond donors (Lipinski definition) is 0. The van der Waals surface area contributed by atoms with Crippen LogP contribution in [-0.2, 0) is 4.79 Å². The molecule has 0 radical (unpaired) electrons. The van der Waals surface area contributed by atoms with E-state index in [4.69, 9.17) is 16.6 Å². The minimum absolute atomic E-state index is 0.265. The molecule has 5 rings (SSSR count). The maximum Gasteiger partial charge on any atom is 0.225 e. The highest BCUT2D eigenvalue weighted by atomic mass is 35.5. The fraction of sp³-hybridized carbons (Fsp3) is 0.409. The molecule has 0 spiro atoms. The summed E-state index contributed by atoms with van der Waals surface area (Å²) in [5.41, 5.74) is 3.72. The maximum atomic E-state index is 12.7. The number of pyridine rings is 2. The van der Waals surface area contributed by atoms with Crippen LogP contribution in [0.5, 0.6) is 0 Å². The van der Waals surface area contributed by atoms with Gasteiger partial charge < -0.3 is 4.90 Å². The first-order valence-corrected chi connectivity index (χ1v) is 10.5. The van der Waals surface area contributed by atoms with E-state index in [-0.39, 0.29) is 5.92 Å². The summed E-state index contributed by atoms with van der Waals surface area (Å²) >= 11 is 6.17. The van der Waals surface area contributed by atoms with Crippen molar-refractivity contribution in [3.05, 3.63) is 53.4 Å². The number of imidazole rings is 1. The highest BCUT2D eigenvalue weighted by molar-refractivity contribution is 6.30. The van der Waals surface area contributed by atoms with Crippen molar-refractivity contribution in [3.8, 4) is 11.4 Å². The molecule has 3 aromatic heterocycles. The van der Waals surface area contributed by atoms with Gasteiger partial charge in [0.15, 0.2) is 0 Å². The van der Waals surface area contributed by atoms with Crippen molar-refractivity contribution in [1.29, 1.82) is 0 Å². The summed E-state index contributed by atoms with van der Waals surface area (Å²) < 4.78 is 1.97. The molecule has 1 aliphatic carbocycles. The number of rotatable bonds is 3. The second-order valence-corrected chi connectivity index (χ2v) is 8.35. The van der Waals surface area contributed by atoms with Gasteiger partial charge in [-0.05, 0) is 49.9 Å². The Bertz CT molecular complexity index is 1030. The molecule has 0 aromatic carbocycles. The number of carbonyl (C=O) groups excluding carboxylic acids is 1. The van der Waals surface area contributed by atoms with E-state index in [1.165, 1.54) is 6.42 Å². The van der Waals surface area contributed by atoms with E-state index in [1.54, 1.807) is 0 Å². The number of carbonyl (C=O) groups is 1. The summed E-state index contributed by atoms with van der Waals surface area (Å²) in [6.45, 7) is 1.67. The second kappa shape index (κ2) is 7.21. The first-order chi connectivity index (χ1) is 13.7. The van der Waals surface area contributed by atoms with E-state index < -0.39 is 0 Å². The van der Waals surface area contributed by atoms with Gasteiger partial charge in [0.25, 0.3) is 0 Å². The molecule has 0 bridgehead atoms. The van der Waals surface area contributed by atoms with E-state index in [9.17, 15) is 4.79 Å². The van der Waals surface area contributed by atoms with Gasteiger partial charge in [0.1, 0.15) is 5.65 Å². The van der Waals surface area contributed by atoms with Crippen LogP contribution >= 0.6 is 11.6 Å². The number of aromatic nitrogens is 3. The van der Waals surface area contributed by atoms with Crippen LogP contribution in [0.3, 0.4) is 0 Å². The van der Waals surface area contributed by atoms with Crippen LogP contribution in [-0.4, -0.2) is 38.3 Å². The van der Waals surface area contributed by atoms with Gasteiger partial charge in [0.05, 0.1) is 22.6 Å². The standard InChI is InChI=1S/C22H23ClN4O/c23-17-9-10-21-24-12-20(27(21)14-17)19-8-2-7-18(25-19)16-6-3-11-26(13-16)22(28)15-4-1-5-15/h2,7-10,12,14-16H,1,3-6,11,13H2/t16-/m0/s1. The van der Waals surface area contributed by atoms with Crippen LogP contribution < -0.4 is 0 Å². The molecule has 0 unspecified atom stereocenters. The Kier molecular flexibility index (Phi) is 4.55. The lowest BCUT2D eigenvalue weighted by molar-refractivity contribution is -0.139. The molecule has 144 valence electrons. The van der Waals surface area contributed by atoms with Crippen molar-refractivity contribution in [3.63, 3.8) is 0 Å². The monoisotopic (exact) mass is 394 g/mol. The van der Waals surface area contributed by atoms with E-state index in [1.807, 2.05) is 41.1 Å². The third-order valence-electron chi connectivity index (χ3n) is 6.11. The van der Waals surface area contributed by atoms with Gasteiger partial charge in [-0.3, -0.25) is 14.2 Å². The van der Waals surface area contributed by atoms with Gasteiger partial charge in [-0.2, -0.15) is 0 Å². The third kappa shape index (κ3) is 3.18. The molecular weight excluding hydrogens is 372 g/mol. The maximum absolute atomic E-state index is 12.7. The Balaban J connectivity index is 1.42. The van der Waals surface area contributed by atoms with Crippen LogP contribution in [0.25, 0.3) is 17.0 Å². The van der Waals surface area contributed by atoms with Crippen molar-refractivity contribution in [2.45, 2.75) is 38.0 Å². The first kappa shape index (κ1) is 17.7. The van der Waals surface area contributed by atoms with E-state index in [0.717, 1.165) is 61.5 Å². The topological polar surface area (TPSA) is 50.5 Å². The van der Waals surface area contributed by atoms with Gasteiger partial charge in [0.2, 0.25) is 5.91 Å². The highest BCUT2D eigenvalue weighted by Gasteiger charge is 2.32. The van der Waals surface area contributed by atoms with E-state index >= 15 is 0 Å². The molecule has 4 heterocycles. The number of piperidine rings is 1. The lowest BCUT2D eigenvalue weighted by atomic mass is 9.83. The number of nitrogens with zero attached hydrogens (tertiary/aromatic N) is 4. The largest absolute Gasteiger partial charge is 0.342 e. The van der Waals surface area contributed by atoms with Crippen molar-refractivity contribution < 1.29 is 4.79 Å². The van der Waals surface area contributed by atoms with Gasteiger partial charge >= 0.3 is 0 Å². The Morgan fingerprint density at radius 1 is 1.11 bits per heavy atom. The summed E-state index contributed by atoms with van der Waals surface area (Å²) in [7, 11) is 0. The normalized spacial score (nSPS) is 20.3. The van der Waals surface area contributed by atoms with E-state index in [0.29, 0.717) is 16.8 Å².